The topological polar surface area (TPSA) is 224 Å². The van der Waals surface area contributed by atoms with E-state index in [1.807, 2.05) is 24.3 Å². The first kappa shape index (κ1) is 29.6. The fourth-order valence-electron chi connectivity index (χ4n) is 4.05. The van der Waals surface area contributed by atoms with Crippen molar-refractivity contribution in [1.29, 1.82) is 0 Å². The van der Waals surface area contributed by atoms with Crippen LogP contribution in [0.3, 0.4) is 0 Å². The number of fused-ring (bicyclic) bond motifs is 1. The van der Waals surface area contributed by atoms with E-state index in [1.165, 1.54) is 24.3 Å². The molecule has 3 unspecified atom stereocenters. The predicted octanol–water partition coefficient (Wildman–Crippen LogP) is 0.0212. The number of aliphatic carboxylic acids is 2. The number of para-hydroxylation sites is 1. The molecule has 40 heavy (non-hydrogen) atoms. The van der Waals surface area contributed by atoms with E-state index in [2.05, 4.69) is 20.9 Å². The van der Waals surface area contributed by atoms with Crippen molar-refractivity contribution in [3.63, 3.8) is 0 Å². The number of aromatic nitrogens is 1. The van der Waals surface area contributed by atoms with Crippen molar-refractivity contribution >= 4 is 40.6 Å². The fourth-order valence-corrected chi connectivity index (χ4v) is 4.05. The molecule has 0 aliphatic rings. The van der Waals surface area contributed by atoms with Gasteiger partial charge in [-0.05, 0) is 42.2 Å². The van der Waals surface area contributed by atoms with E-state index < -0.39 is 60.8 Å². The predicted molar refractivity (Wildman–Crippen MR) is 143 cm³/mol. The number of benzene rings is 2. The number of amides is 3. The van der Waals surface area contributed by atoms with E-state index in [4.69, 9.17) is 10.8 Å². The summed E-state index contributed by atoms with van der Waals surface area (Å²) in [6.07, 6.45) is 1.05. The lowest BCUT2D eigenvalue weighted by Crippen LogP contribution is -2.54. The largest absolute Gasteiger partial charge is 0.508 e. The van der Waals surface area contributed by atoms with Crippen molar-refractivity contribution in [2.75, 3.05) is 6.54 Å². The summed E-state index contributed by atoms with van der Waals surface area (Å²) < 4.78 is 0. The van der Waals surface area contributed by atoms with E-state index in [9.17, 15) is 34.2 Å². The Morgan fingerprint density at radius 2 is 1.57 bits per heavy atom. The normalized spacial score (nSPS) is 13.1. The molecule has 9 N–H and O–H groups in total. The smallest absolute Gasteiger partial charge is 0.326 e. The highest BCUT2D eigenvalue weighted by molar-refractivity contribution is 5.93. The summed E-state index contributed by atoms with van der Waals surface area (Å²) in [5.41, 5.74) is 8.25. The maximum Gasteiger partial charge on any atom is 0.326 e. The number of H-pyrrole nitrogens is 1. The second-order valence-corrected chi connectivity index (χ2v) is 9.21. The number of carbonyl (C=O) groups excluding carboxylic acids is 3. The Labute approximate surface area is 228 Å². The quantitative estimate of drug-likeness (QED) is 0.134. The Bertz CT molecular complexity index is 1370. The highest BCUT2D eigenvalue weighted by Gasteiger charge is 2.27. The fraction of sp³-hybridized carbons (Fsp3) is 0.296. The summed E-state index contributed by atoms with van der Waals surface area (Å²) in [5, 5.41) is 36.0. The molecule has 13 heteroatoms. The van der Waals surface area contributed by atoms with Gasteiger partial charge in [-0.1, -0.05) is 30.3 Å². The van der Waals surface area contributed by atoms with Crippen molar-refractivity contribution < 1.29 is 39.3 Å². The lowest BCUT2D eigenvalue weighted by Gasteiger charge is -2.21. The number of phenols is 1. The van der Waals surface area contributed by atoms with Gasteiger partial charge >= 0.3 is 11.9 Å². The van der Waals surface area contributed by atoms with Gasteiger partial charge in [0.05, 0.1) is 12.6 Å². The van der Waals surface area contributed by atoms with Crippen LogP contribution >= 0.6 is 0 Å². The van der Waals surface area contributed by atoms with Gasteiger partial charge in [0.2, 0.25) is 17.7 Å². The Kier molecular flexibility index (Phi) is 10.2. The maximum absolute atomic E-state index is 12.8. The van der Waals surface area contributed by atoms with Crippen LogP contribution in [0.15, 0.2) is 54.7 Å². The van der Waals surface area contributed by atoms with Gasteiger partial charge in [-0.3, -0.25) is 19.2 Å². The van der Waals surface area contributed by atoms with Crippen molar-refractivity contribution in [2.24, 2.45) is 5.73 Å². The van der Waals surface area contributed by atoms with Crippen molar-refractivity contribution in [1.82, 2.24) is 20.9 Å². The van der Waals surface area contributed by atoms with E-state index in [-0.39, 0.29) is 25.0 Å². The van der Waals surface area contributed by atoms with E-state index in [0.717, 1.165) is 16.5 Å². The Hall–Kier alpha value is -4.91. The van der Waals surface area contributed by atoms with Crippen LogP contribution in [0.5, 0.6) is 5.75 Å². The van der Waals surface area contributed by atoms with Crippen LogP contribution in [0.2, 0.25) is 0 Å². The summed E-state index contributed by atoms with van der Waals surface area (Å²) in [4.78, 5) is 63.8. The molecule has 0 radical (unpaired) electrons. The van der Waals surface area contributed by atoms with Crippen molar-refractivity contribution in [2.45, 2.75) is 43.8 Å². The minimum atomic E-state index is -1.39. The highest BCUT2D eigenvalue weighted by Crippen LogP contribution is 2.18. The molecule has 212 valence electrons. The molecular weight excluding hydrogens is 522 g/mol. The number of aromatic amines is 1. The molecule has 0 aliphatic carbocycles. The van der Waals surface area contributed by atoms with Gasteiger partial charge in [0, 0.05) is 29.9 Å². The first-order valence-electron chi connectivity index (χ1n) is 12.4. The molecule has 3 amide bonds. The summed E-state index contributed by atoms with van der Waals surface area (Å²) in [5.74, 6) is -4.87. The number of rotatable bonds is 14. The molecule has 13 nitrogen and oxygen atoms in total. The number of carbonyl (C=O) groups is 5. The maximum atomic E-state index is 12.8. The number of aromatic hydroxyl groups is 1. The monoisotopic (exact) mass is 553 g/mol. The zero-order valence-electron chi connectivity index (χ0n) is 21.4. The van der Waals surface area contributed by atoms with Crippen LogP contribution < -0.4 is 21.7 Å². The van der Waals surface area contributed by atoms with E-state index >= 15 is 0 Å². The lowest BCUT2D eigenvalue weighted by molar-refractivity contribution is -0.143. The molecule has 0 fully saturated rings. The van der Waals surface area contributed by atoms with Crippen LogP contribution in [-0.2, 0) is 36.8 Å². The molecule has 3 aromatic rings. The second kappa shape index (κ2) is 13.8. The average molecular weight is 554 g/mol. The minimum absolute atomic E-state index is 0.0119. The Morgan fingerprint density at radius 1 is 0.875 bits per heavy atom. The molecule has 0 aliphatic heterocycles. The molecule has 3 rings (SSSR count). The number of hydrogen-bond acceptors (Lipinski definition) is 7. The number of hydrogen-bond donors (Lipinski definition) is 8. The van der Waals surface area contributed by atoms with E-state index in [1.54, 1.807) is 6.20 Å². The molecule has 0 saturated carbocycles. The SMILES string of the molecule is NC(Cc1c[nH]c2ccccc12)C(=O)NCC(=O)NC(CCC(=O)O)C(=O)NC(Cc1ccc(O)cc1)C(=O)O. The first-order valence-corrected chi connectivity index (χ1v) is 12.4. The minimum Gasteiger partial charge on any atom is -0.508 e. The summed E-state index contributed by atoms with van der Waals surface area (Å²) in [6.45, 7) is -0.535. The van der Waals surface area contributed by atoms with Crippen molar-refractivity contribution in [3.05, 3.63) is 65.9 Å². The Balaban J connectivity index is 1.57. The third-order valence-corrected chi connectivity index (χ3v) is 6.16. The average Bonchev–Trinajstić information content (AvgIpc) is 3.32. The number of carboxylic acids is 2. The number of nitrogens with two attached hydrogens (primary N) is 1. The van der Waals surface area contributed by atoms with Gasteiger partial charge < -0.3 is 42.0 Å². The summed E-state index contributed by atoms with van der Waals surface area (Å²) in [6, 6.07) is 9.51. The van der Waals surface area contributed by atoms with Crippen LogP contribution in [0.1, 0.15) is 24.0 Å². The second-order valence-electron chi connectivity index (χ2n) is 9.21. The molecule has 0 bridgehead atoms. The molecule has 1 aromatic heterocycles. The molecule has 3 atom stereocenters. The molecule has 1 heterocycles. The highest BCUT2D eigenvalue weighted by atomic mass is 16.4. The van der Waals surface area contributed by atoms with Crippen LogP contribution in [0, 0.1) is 0 Å². The number of phenolic OH excluding ortho intramolecular Hbond substituents is 1. The molecular formula is C27H31N5O8. The first-order chi connectivity index (χ1) is 19.0. The van der Waals surface area contributed by atoms with Gasteiger partial charge in [-0.2, -0.15) is 0 Å². The van der Waals surface area contributed by atoms with Gasteiger partial charge in [0.15, 0.2) is 0 Å². The Morgan fingerprint density at radius 3 is 2.25 bits per heavy atom. The molecule has 0 saturated heterocycles. The van der Waals surface area contributed by atoms with Gasteiger partial charge in [-0.25, -0.2) is 4.79 Å². The third kappa shape index (κ3) is 8.56. The van der Waals surface area contributed by atoms with Crippen LogP contribution in [-0.4, -0.2) is 74.6 Å². The third-order valence-electron chi connectivity index (χ3n) is 6.16. The number of carboxylic acid groups (broad SMARTS) is 2. The van der Waals surface area contributed by atoms with Crippen LogP contribution in [0.4, 0.5) is 0 Å². The van der Waals surface area contributed by atoms with Gasteiger partial charge in [0.25, 0.3) is 0 Å². The zero-order valence-corrected chi connectivity index (χ0v) is 21.4. The van der Waals surface area contributed by atoms with Crippen LogP contribution in [0.25, 0.3) is 10.9 Å². The molecule has 2 aromatic carbocycles. The van der Waals surface area contributed by atoms with Crippen molar-refractivity contribution in [3.8, 4) is 5.75 Å². The van der Waals surface area contributed by atoms with E-state index in [0.29, 0.717) is 5.56 Å². The summed E-state index contributed by atoms with van der Waals surface area (Å²) in [7, 11) is 0. The zero-order chi connectivity index (χ0) is 29.2. The van der Waals surface area contributed by atoms with Gasteiger partial charge in [-0.15, -0.1) is 0 Å². The number of nitrogens with one attached hydrogen (secondary N) is 4. The molecule has 0 spiro atoms. The lowest BCUT2D eigenvalue weighted by atomic mass is 10.0. The summed E-state index contributed by atoms with van der Waals surface area (Å²) >= 11 is 0. The van der Waals surface area contributed by atoms with Gasteiger partial charge in [0.1, 0.15) is 17.8 Å². The standard InChI is InChI=1S/C27H31N5O8/c28-19(12-16-13-29-20-4-2-1-3-18(16)20)25(37)30-14-23(34)31-21(9-10-24(35)36)26(38)32-22(27(39)40)11-15-5-7-17(33)8-6-15/h1-8,13,19,21-22,29,33H,9-12,14,28H2,(H,30,37)(H,31,34)(H,32,38)(H,35,36)(H,39,40).